The fourth-order valence-electron chi connectivity index (χ4n) is 6.01. The third-order valence-corrected chi connectivity index (χ3v) is 7.95. The average molecular weight is 501 g/mol. The molecule has 192 valence electrons. The first kappa shape index (κ1) is 24.7. The molecule has 3 aromatic carbocycles. The Bertz CT molecular complexity index is 1310. The van der Waals surface area contributed by atoms with Crippen molar-refractivity contribution < 1.29 is 4.74 Å². The van der Waals surface area contributed by atoms with Gasteiger partial charge in [0.15, 0.2) is 0 Å². The molecule has 0 aliphatic carbocycles. The van der Waals surface area contributed by atoms with E-state index in [2.05, 4.69) is 127 Å². The highest BCUT2D eigenvalue weighted by Gasteiger charge is 2.40. The zero-order valence-electron chi connectivity index (χ0n) is 22.4. The molecular formula is C35H36N2O. The fourth-order valence-corrected chi connectivity index (χ4v) is 6.01. The van der Waals surface area contributed by atoms with Crippen molar-refractivity contribution in [1.82, 2.24) is 9.80 Å². The quantitative estimate of drug-likeness (QED) is 0.370. The zero-order valence-corrected chi connectivity index (χ0v) is 22.4. The van der Waals surface area contributed by atoms with Crippen molar-refractivity contribution in [1.29, 1.82) is 0 Å². The van der Waals surface area contributed by atoms with Gasteiger partial charge in [0.25, 0.3) is 0 Å². The van der Waals surface area contributed by atoms with E-state index in [9.17, 15) is 0 Å². The van der Waals surface area contributed by atoms with Gasteiger partial charge < -0.3 is 4.74 Å². The summed E-state index contributed by atoms with van der Waals surface area (Å²) in [4.78, 5) is 5.08. The lowest BCUT2D eigenvalue weighted by Crippen LogP contribution is -2.42. The van der Waals surface area contributed by atoms with Gasteiger partial charge in [-0.2, -0.15) is 0 Å². The summed E-state index contributed by atoms with van der Waals surface area (Å²) < 4.78 is 7.07. The number of likely N-dealkylation sites (N-methyl/N-ethyl adjacent to an activating group) is 2. The Balaban J connectivity index is 1.54. The van der Waals surface area contributed by atoms with Gasteiger partial charge in [0.05, 0.1) is 0 Å². The molecule has 0 bridgehead atoms. The molecule has 3 heteroatoms. The van der Waals surface area contributed by atoms with Crippen LogP contribution in [-0.2, 0) is 4.74 Å². The molecule has 3 nitrogen and oxygen atoms in total. The van der Waals surface area contributed by atoms with Crippen LogP contribution in [0.25, 0.3) is 12.2 Å². The average Bonchev–Trinajstić information content (AvgIpc) is 2.97. The minimum Gasteiger partial charge on any atom is -0.457 e. The molecule has 3 aliphatic heterocycles. The van der Waals surface area contributed by atoms with Crippen LogP contribution in [0.5, 0.6) is 0 Å². The summed E-state index contributed by atoms with van der Waals surface area (Å²) >= 11 is 0. The smallest absolute Gasteiger partial charge is 0.133 e. The topological polar surface area (TPSA) is 15.7 Å². The minimum absolute atomic E-state index is 0.206. The Hall–Kier alpha value is -3.66. The van der Waals surface area contributed by atoms with E-state index >= 15 is 0 Å². The molecule has 6 rings (SSSR count). The van der Waals surface area contributed by atoms with Gasteiger partial charge in [-0.3, -0.25) is 9.80 Å². The molecule has 3 aliphatic rings. The van der Waals surface area contributed by atoms with E-state index in [0.717, 1.165) is 50.8 Å². The van der Waals surface area contributed by atoms with E-state index in [4.69, 9.17) is 4.74 Å². The van der Waals surface area contributed by atoms with Crippen LogP contribution in [0.1, 0.15) is 36.5 Å². The van der Waals surface area contributed by atoms with Gasteiger partial charge in [0.2, 0.25) is 0 Å². The Morgan fingerprint density at radius 1 is 0.605 bits per heavy atom. The van der Waals surface area contributed by atoms with E-state index in [1.807, 2.05) is 0 Å². The van der Waals surface area contributed by atoms with Crippen LogP contribution in [0.4, 0.5) is 0 Å². The molecule has 0 atom stereocenters. The molecule has 0 radical (unpaired) electrons. The lowest BCUT2D eigenvalue weighted by Gasteiger charge is -2.44. The number of benzene rings is 3. The normalized spacial score (nSPS) is 22.4. The molecule has 0 N–H and O–H groups in total. The summed E-state index contributed by atoms with van der Waals surface area (Å²) in [5, 5.41) is 0. The van der Waals surface area contributed by atoms with Gasteiger partial charge >= 0.3 is 0 Å². The predicted octanol–water partition coefficient (Wildman–Crippen LogP) is 7.15. The number of rotatable bonds is 5. The van der Waals surface area contributed by atoms with E-state index < -0.39 is 0 Å². The van der Waals surface area contributed by atoms with Crippen molar-refractivity contribution in [2.45, 2.75) is 19.8 Å². The number of hydrogen-bond donors (Lipinski definition) is 0. The molecule has 0 fully saturated rings. The Morgan fingerprint density at radius 2 is 1.03 bits per heavy atom. The molecule has 0 spiro atoms. The maximum absolute atomic E-state index is 7.07. The van der Waals surface area contributed by atoms with Crippen molar-refractivity contribution in [2.24, 2.45) is 0 Å². The molecule has 0 aromatic heterocycles. The van der Waals surface area contributed by atoms with E-state index in [1.165, 1.54) is 39.0 Å². The predicted molar refractivity (Wildman–Crippen MR) is 157 cm³/mol. The summed E-state index contributed by atoms with van der Waals surface area (Å²) in [6.45, 7) is 10.2. The zero-order chi connectivity index (χ0) is 25.9. The van der Waals surface area contributed by atoms with E-state index in [-0.39, 0.29) is 5.92 Å². The van der Waals surface area contributed by atoms with Gasteiger partial charge in [0, 0.05) is 43.2 Å². The van der Waals surface area contributed by atoms with Crippen LogP contribution in [0.2, 0.25) is 0 Å². The van der Waals surface area contributed by atoms with Gasteiger partial charge in [-0.05, 0) is 53.1 Å². The van der Waals surface area contributed by atoms with Crippen LogP contribution in [0, 0.1) is 0 Å². The molecule has 0 unspecified atom stereocenters. The first-order valence-electron chi connectivity index (χ1n) is 13.9. The molecular weight excluding hydrogens is 464 g/mol. The van der Waals surface area contributed by atoms with E-state index in [0.29, 0.717) is 0 Å². The van der Waals surface area contributed by atoms with E-state index in [1.54, 1.807) is 0 Å². The molecule has 38 heavy (non-hydrogen) atoms. The molecule has 3 aromatic rings. The molecule has 0 saturated carbocycles. The lowest BCUT2D eigenvalue weighted by molar-refractivity contribution is 0.217. The monoisotopic (exact) mass is 500 g/mol. The summed E-state index contributed by atoms with van der Waals surface area (Å²) in [6.07, 6.45) is 4.65. The summed E-state index contributed by atoms with van der Waals surface area (Å²) in [5.74, 6) is 2.36. The Labute approximate surface area is 227 Å². The van der Waals surface area contributed by atoms with Crippen LogP contribution >= 0.6 is 0 Å². The van der Waals surface area contributed by atoms with Crippen LogP contribution in [0.15, 0.2) is 125 Å². The van der Waals surface area contributed by atoms with Crippen molar-refractivity contribution >= 4 is 12.2 Å². The summed E-state index contributed by atoms with van der Waals surface area (Å²) in [6, 6.07) is 32.4. The second kappa shape index (κ2) is 11.0. The maximum Gasteiger partial charge on any atom is 0.133 e. The highest BCUT2D eigenvalue weighted by Crippen LogP contribution is 2.48. The van der Waals surface area contributed by atoms with Gasteiger partial charge in [0.1, 0.15) is 11.5 Å². The molecule has 3 heterocycles. The fraction of sp³-hybridized carbons (Fsp3) is 0.257. The highest BCUT2D eigenvalue weighted by atomic mass is 16.5. The first-order chi connectivity index (χ1) is 18.7. The van der Waals surface area contributed by atoms with Gasteiger partial charge in [-0.25, -0.2) is 0 Å². The van der Waals surface area contributed by atoms with Crippen LogP contribution < -0.4 is 0 Å². The Kier molecular flexibility index (Phi) is 7.13. The van der Waals surface area contributed by atoms with Gasteiger partial charge in [-0.1, -0.05) is 105 Å². The van der Waals surface area contributed by atoms with Crippen LogP contribution in [0.3, 0.4) is 0 Å². The maximum atomic E-state index is 7.07. The first-order valence-corrected chi connectivity index (χ1v) is 13.9. The molecule has 0 saturated heterocycles. The highest BCUT2D eigenvalue weighted by molar-refractivity contribution is 5.66. The standard InChI is InChI=1S/C35H36N2O/c1-3-36-22-29(20-26-14-8-5-9-15-26)34-31(24-36)33(28-18-12-7-13-19-28)32-25-37(4-2)23-30(35(32)38-34)21-27-16-10-6-11-17-27/h5-21,33H,3-4,22-25H2,1-2H3/b29-20+,30-21+. The second-order valence-electron chi connectivity index (χ2n) is 10.4. The van der Waals surface area contributed by atoms with Crippen molar-refractivity contribution in [3.05, 3.63) is 141 Å². The summed E-state index contributed by atoms with van der Waals surface area (Å²) in [7, 11) is 0. The molecule has 0 amide bonds. The largest absolute Gasteiger partial charge is 0.457 e. The SMILES string of the molecule is CCN1CC2=C(OC3=C(CN(CC)C/C3=C\c3ccccc3)C2c2ccccc2)/C(=C/c2ccccc2)C1. The number of hydrogen-bond acceptors (Lipinski definition) is 3. The third kappa shape index (κ3) is 4.92. The number of nitrogens with zero attached hydrogens (tertiary/aromatic N) is 2. The van der Waals surface area contributed by atoms with Crippen molar-refractivity contribution in [3.63, 3.8) is 0 Å². The van der Waals surface area contributed by atoms with Crippen molar-refractivity contribution in [3.8, 4) is 0 Å². The lowest BCUT2D eigenvalue weighted by atomic mass is 9.77. The Morgan fingerprint density at radius 3 is 1.45 bits per heavy atom. The van der Waals surface area contributed by atoms with Gasteiger partial charge in [-0.15, -0.1) is 0 Å². The third-order valence-electron chi connectivity index (χ3n) is 7.95. The number of ether oxygens (including phenoxy) is 1. The second-order valence-corrected chi connectivity index (χ2v) is 10.4. The van der Waals surface area contributed by atoms with Crippen molar-refractivity contribution in [2.75, 3.05) is 39.3 Å². The minimum atomic E-state index is 0.206. The van der Waals surface area contributed by atoms with Crippen LogP contribution in [-0.4, -0.2) is 49.1 Å². The summed E-state index contributed by atoms with van der Waals surface area (Å²) in [5.41, 5.74) is 9.10.